The highest BCUT2D eigenvalue weighted by atomic mass is 16.3. The summed E-state index contributed by atoms with van der Waals surface area (Å²) in [7, 11) is 0. The van der Waals surface area contributed by atoms with E-state index in [0.717, 1.165) is 0 Å². The van der Waals surface area contributed by atoms with E-state index in [2.05, 4.69) is 10.6 Å². The molecule has 0 saturated carbocycles. The van der Waals surface area contributed by atoms with Gasteiger partial charge in [0.15, 0.2) is 0 Å². The lowest BCUT2D eigenvalue weighted by atomic mass is 10.1. The zero-order valence-electron chi connectivity index (χ0n) is 11.3. The molecule has 1 rings (SSSR count). The number of amides is 2. The second-order valence-corrected chi connectivity index (χ2v) is 4.78. The molecule has 104 valence electrons. The number of phenolic OH excluding ortho intramolecular Hbond substituents is 1. The van der Waals surface area contributed by atoms with Gasteiger partial charge in [0, 0.05) is 12.1 Å². The Labute approximate surface area is 113 Å². The molecule has 19 heavy (non-hydrogen) atoms. The Morgan fingerprint density at radius 3 is 2.47 bits per heavy atom. The van der Waals surface area contributed by atoms with Crippen molar-refractivity contribution in [2.45, 2.75) is 20.3 Å². The molecule has 3 N–H and O–H groups in total. The Balaban J connectivity index is 2.32. The van der Waals surface area contributed by atoms with Crippen molar-refractivity contribution >= 4 is 11.8 Å². The van der Waals surface area contributed by atoms with E-state index in [0.29, 0.717) is 18.0 Å². The average Bonchev–Trinajstić information content (AvgIpc) is 2.36. The van der Waals surface area contributed by atoms with Gasteiger partial charge < -0.3 is 15.7 Å². The van der Waals surface area contributed by atoms with Gasteiger partial charge in [0.05, 0.1) is 13.0 Å². The molecule has 0 aliphatic carbocycles. The molecule has 0 spiro atoms. The van der Waals surface area contributed by atoms with Gasteiger partial charge in [-0.25, -0.2) is 0 Å². The van der Waals surface area contributed by atoms with Gasteiger partial charge >= 0.3 is 0 Å². The lowest BCUT2D eigenvalue weighted by Crippen LogP contribution is -2.38. The Morgan fingerprint density at radius 1 is 1.16 bits per heavy atom. The number of nitrogens with one attached hydrogen (secondary N) is 2. The lowest BCUT2D eigenvalue weighted by Gasteiger charge is -2.09. The summed E-state index contributed by atoms with van der Waals surface area (Å²) in [4.78, 5) is 23.0. The summed E-state index contributed by atoms with van der Waals surface area (Å²) < 4.78 is 0. The van der Waals surface area contributed by atoms with Crippen molar-refractivity contribution < 1.29 is 14.7 Å². The molecule has 0 saturated heterocycles. The van der Waals surface area contributed by atoms with Gasteiger partial charge in [-0.3, -0.25) is 9.59 Å². The lowest BCUT2D eigenvalue weighted by molar-refractivity contribution is -0.125. The fourth-order valence-corrected chi connectivity index (χ4v) is 1.46. The molecular weight excluding hydrogens is 244 g/mol. The third-order valence-electron chi connectivity index (χ3n) is 2.50. The van der Waals surface area contributed by atoms with E-state index >= 15 is 0 Å². The SMILES string of the molecule is CC(C)CNC(=O)CNC(=O)Cc1ccccc1O. The highest BCUT2D eigenvalue weighted by molar-refractivity contribution is 5.85. The first kappa shape index (κ1) is 15.0. The van der Waals surface area contributed by atoms with Crippen LogP contribution in [0.15, 0.2) is 24.3 Å². The summed E-state index contributed by atoms with van der Waals surface area (Å²) in [5, 5.41) is 14.8. The van der Waals surface area contributed by atoms with E-state index in [4.69, 9.17) is 0 Å². The number of benzene rings is 1. The maximum atomic E-state index is 11.6. The van der Waals surface area contributed by atoms with Crippen molar-refractivity contribution in [1.29, 1.82) is 0 Å². The van der Waals surface area contributed by atoms with Crippen LogP contribution in [0.25, 0.3) is 0 Å². The maximum absolute atomic E-state index is 11.6. The van der Waals surface area contributed by atoms with Crippen molar-refractivity contribution in [3.8, 4) is 5.75 Å². The van der Waals surface area contributed by atoms with E-state index in [1.54, 1.807) is 18.2 Å². The molecule has 0 radical (unpaired) electrons. The van der Waals surface area contributed by atoms with E-state index in [1.807, 2.05) is 13.8 Å². The van der Waals surface area contributed by atoms with Gasteiger partial charge in [0.1, 0.15) is 5.75 Å². The smallest absolute Gasteiger partial charge is 0.239 e. The standard InChI is InChI=1S/C14H20N2O3/c1-10(2)8-15-14(19)9-16-13(18)7-11-5-3-4-6-12(11)17/h3-6,10,17H,7-9H2,1-2H3,(H,15,19)(H,16,18). The summed E-state index contributed by atoms with van der Waals surface area (Å²) in [6, 6.07) is 6.64. The zero-order valence-corrected chi connectivity index (χ0v) is 11.3. The summed E-state index contributed by atoms with van der Waals surface area (Å²) in [5.41, 5.74) is 0.544. The number of carbonyl (C=O) groups is 2. The number of carbonyl (C=O) groups excluding carboxylic acids is 2. The van der Waals surface area contributed by atoms with Gasteiger partial charge in [-0.1, -0.05) is 32.0 Å². The van der Waals surface area contributed by atoms with Crippen LogP contribution >= 0.6 is 0 Å². The fourth-order valence-electron chi connectivity index (χ4n) is 1.46. The van der Waals surface area contributed by atoms with Crippen LogP contribution in [0.2, 0.25) is 0 Å². The van der Waals surface area contributed by atoms with E-state index < -0.39 is 0 Å². The minimum atomic E-state index is -0.291. The minimum Gasteiger partial charge on any atom is -0.508 e. The average molecular weight is 264 g/mol. The van der Waals surface area contributed by atoms with Gasteiger partial charge in [0.2, 0.25) is 11.8 Å². The molecule has 0 aromatic heterocycles. The second-order valence-electron chi connectivity index (χ2n) is 4.78. The van der Waals surface area contributed by atoms with Crippen LogP contribution in [-0.2, 0) is 16.0 Å². The normalized spacial score (nSPS) is 10.3. The highest BCUT2D eigenvalue weighted by Crippen LogP contribution is 2.15. The highest BCUT2D eigenvalue weighted by Gasteiger charge is 2.08. The molecule has 1 aromatic rings. The van der Waals surface area contributed by atoms with Crippen LogP contribution < -0.4 is 10.6 Å². The number of hydrogen-bond donors (Lipinski definition) is 3. The summed E-state index contributed by atoms with van der Waals surface area (Å²) in [6.07, 6.45) is 0.0597. The number of aromatic hydroxyl groups is 1. The Bertz CT molecular complexity index is 444. The number of phenols is 1. The molecule has 1 aromatic carbocycles. The first-order chi connectivity index (χ1) is 8.99. The quantitative estimate of drug-likeness (QED) is 0.712. The van der Waals surface area contributed by atoms with Gasteiger partial charge in [-0.2, -0.15) is 0 Å². The van der Waals surface area contributed by atoms with Crippen LogP contribution in [-0.4, -0.2) is 30.0 Å². The molecular formula is C14H20N2O3. The monoisotopic (exact) mass is 264 g/mol. The second kappa shape index (κ2) is 7.41. The molecule has 0 aliphatic rings. The topological polar surface area (TPSA) is 78.4 Å². The van der Waals surface area contributed by atoms with Crippen molar-refractivity contribution in [3.05, 3.63) is 29.8 Å². The van der Waals surface area contributed by atoms with Crippen molar-refractivity contribution in [2.75, 3.05) is 13.1 Å². The summed E-state index contributed by atoms with van der Waals surface area (Å²) in [5.74, 6) is -0.0386. The van der Waals surface area contributed by atoms with E-state index in [9.17, 15) is 14.7 Å². The van der Waals surface area contributed by atoms with Gasteiger partial charge in [0.25, 0.3) is 0 Å². The number of rotatable bonds is 6. The Hall–Kier alpha value is -2.04. The molecule has 0 aliphatic heterocycles. The van der Waals surface area contributed by atoms with Gasteiger partial charge in [-0.15, -0.1) is 0 Å². The minimum absolute atomic E-state index is 0.0425. The largest absolute Gasteiger partial charge is 0.508 e. The van der Waals surface area contributed by atoms with E-state index in [1.165, 1.54) is 6.07 Å². The van der Waals surface area contributed by atoms with Crippen LogP contribution in [0.5, 0.6) is 5.75 Å². The Kier molecular flexibility index (Phi) is 5.85. The van der Waals surface area contributed by atoms with Gasteiger partial charge in [-0.05, 0) is 12.0 Å². The maximum Gasteiger partial charge on any atom is 0.239 e. The fraction of sp³-hybridized carbons (Fsp3) is 0.429. The molecule has 0 unspecified atom stereocenters. The molecule has 0 bridgehead atoms. The Morgan fingerprint density at radius 2 is 1.84 bits per heavy atom. The third-order valence-corrected chi connectivity index (χ3v) is 2.50. The van der Waals surface area contributed by atoms with Crippen LogP contribution in [0, 0.1) is 5.92 Å². The van der Waals surface area contributed by atoms with Crippen LogP contribution in [0.3, 0.4) is 0 Å². The van der Waals surface area contributed by atoms with Crippen molar-refractivity contribution in [2.24, 2.45) is 5.92 Å². The molecule has 0 heterocycles. The number of hydrogen-bond acceptors (Lipinski definition) is 3. The van der Waals surface area contributed by atoms with Crippen molar-refractivity contribution in [3.63, 3.8) is 0 Å². The third kappa shape index (κ3) is 5.90. The van der Waals surface area contributed by atoms with Crippen LogP contribution in [0.1, 0.15) is 19.4 Å². The van der Waals surface area contributed by atoms with E-state index in [-0.39, 0.29) is 30.5 Å². The first-order valence-corrected chi connectivity index (χ1v) is 6.29. The zero-order chi connectivity index (χ0) is 14.3. The van der Waals surface area contributed by atoms with Crippen LogP contribution in [0.4, 0.5) is 0 Å². The predicted molar refractivity (Wildman–Crippen MR) is 72.7 cm³/mol. The number of para-hydroxylation sites is 1. The first-order valence-electron chi connectivity index (χ1n) is 6.29. The molecule has 0 atom stereocenters. The molecule has 2 amide bonds. The summed E-state index contributed by atoms with van der Waals surface area (Å²) >= 11 is 0. The molecule has 0 fully saturated rings. The van der Waals surface area contributed by atoms with Crippen molar-refractivity contribution in [1.82, 2.24) is 10.6 Å². The predicted octanol–water partition coefficient (Wildman–Crippen LogP) is 0.823. The summed E-state index contributed by atoms with van der Waals surface area (Å²) in [6.45, 7) is 4.54. The molecule has 5 heteroatoms. The molecule has 5 nitrogen and oxygen atoms in total.